The number of esters is 1. The molecule has 2 aromatic rings. The fourth-order valence-corrected chi connectivity index (χ4v) is 4.10. The number of nitrogens with zero attached hydrogens (tertiary/aromatic N) is 1. The van der Waals surface area contributed by atoms with Crippen LogP contribution in [0.15, 0.2) is 69.8 Å². The second-order valence-electron chi connectivity index (χ2n) is 7.41. The highest BCUT2D eigenvalue weighted by Gasteiger charge is 2.34. The number of carbonyl (C=O) groups excluding carboxylic acids is 2. The van der Waals surface area contributed by atoms with E-state index >= 15 is 0 Å². The quantitative estimate of drug-likeness (QED) is 0.599. The molecule has 0 saturated carbocycles. The van der Waals surface area contributed by atoms with Crippen LogP contribution in [0.1, 0.15) is 53.7 Å². The van der Waals surface area contributed by atoms with Gasteiger partial charge in [0.1, 0.15) is 16.4 Å². The van der Waals surface area contributed by atoms with E-state index in [1.165, 1.54) is 5.56 Å². The van der Waals surface area contributed by atoms with Gasteiger partial charge < -0.3 is 9.84 Å². The number of carbonyl (C=O) groups is 2. The Kier molecular flexibility index (Phi) is 7.13. The fraction of sp³-hybridized carbons (Fsp3) is 0.240. The number of amides is 1. The van der Waals surface area contributed by atoms with Crippen LogP contribution in [-0.2, 0) is 9.53 Å². The SMILES string of the molecule is CCOC(=O)C1=C(O)/C(=C/c2ccc(C(C)C)cc2)SC1=NC(=O)c1ccccc1C. The number of hydrogen-bond donors (Lipinski definition) is 1. The molecule has 160 valence electrons. The molecule has 2 aromatic carbocycles. The highest BCUT2D eigenvalue weighted by Crippen LogP contribution is 2.39. The van der Waals surface area contributed by atoms with Gasteiger partial charge in [0.2, 0.25) is 0 Å². The number of aliphatic imine (C=N–C) groups is 1. The molecule has 0 radical (unpaired) electrons. The van der Waals surface area contributed by atoms with E-state index in [1.54, 1.807) is 25.1 Å². The minimum absolute atomic E-state index is 0.0844. The predicted molar refractivity (Wildman–Crippen MR) is 125 cm³/mol. The molecule has 5 nitrogen and oxygen atoms in total. The van der Waals surface area contributed by atoms with Crippen LogP contribution >= 0.6 is 11.8 Å². The van der Waals surface area contributed by atoms with Crippen molar-refractivity contribution in [3.8, 4) is 0 Å². The number of aliphatic hydroxyl groups is 1. The van der Waals surface area contributed by atoms with Crippen LogP contribution in [0.5, 0.6) is 0 Å². The number of aryl methyl sites for hydroxylation is 1. The maximum absolute atomic E-state index is 12.7. The minimum atomic E-state index is -0.706. The third-order valence-electron chi connectivity index (χ3n) is 4.85. The van der Waals surface area contributed by atoms with Gasteiger partial charge >= 0.3 is 5.97 Å². The minimum Gasteiger partial charge on any atom is -0.506 e. The molecule has 0 saturated heterocycles. The van der Waals surface area contributed by atoms with Gasteiger partial charge in [-0.15, -0.1) is 0 Å². The number of ether oxygens (including phenoxy) is 1. The lowest BCUT2D eigenvalue weighted by Gasteiger charge is -2.05. The second kappa shape index (κ2) is 9.79. The summed E-state index contributed by atoms with van der Waals surface area (Å²) in [6, 6.07) is 15.1. The summed E-state index contributed by atoms with van der Waals surface area (Å²) >= 11 is 1.08. The van der Waals surface area contributed by atoms with E-state index in [2.05, 4.69) is 18.8 Å². The third-order valence-corrected chi connectivity index (χ3v) is 5.87. The van der Waals surface area contributed by atoms with Gasteiger partial charge in [-0.3, -0.25) is 4.79 Å². The molecule has 0 aromatic heterocycles. The molecule has 0 bridgehead atoms. The van der Waals surface area contributed by atoms with Crippen LogP contribution in [0.4, 0.5) is 0 Å². The van der Waals surface area contributed by atoms with Crippen molar-refractivity contribution in [1.82, 2.24) is 0 Å². The van der Waals surface area contributed by atoms with Crippen molar-refractivity contribution < 1.29 is 19.4 Å². The van der Waals surface area contributed by atoms with E-state index in [4.69, 9.17) is 4.74 Å². The Morgan fingerprint density at radius 1 is 1.13 bits per heavy atom. The molecule has 1 aliphatic heterocycles. The van der Waals surface area contributed by atoms with Gasteiger partial charge in [-0.2, -0.15) is 0 Å². The molecule has 1 heterocycles. The fourth-order valence-electron chi connectivity index (χ4n) is 3.09. The Morgan fingerprint density at radius 3 is 2.42 bits per heavy atom. The zero-order valence-electron chi connectivity index (χ0n) is 18.0. The van der Waals surface area contributed by atoms with E-state index in [1.807, 2.05) is 43.3 Å². The molecule has 3 rings (SSSR count). The Bertz CT molecular complexity index is 1090. The topological polar surface area (TPSA) is 76.0 Å². The van der Waals surface area contributed by atoms with Crippen molar-refractivity contribution in [2.75, 3.05) is 6.61 Å². The molecular formula is C25H25NO4S. The number of benzene rings is 2. The van der Waals surface area contributed by atoms with Crippen LogP contribution in [0, 0.1) is 6.92 Å². The molecule has 0 fully saturated rings. The normalized spacial score (nSPS) is 16.4. The largest absolute Gasteiger partial charge is 0.506 e. The summed E-state index contributed by atoms with van der Waals surface area (Å²) in [5, 5.41) is 10.9. The first-order chi connectivity index (χ1) is 14.8. The average Bonchev–Trinajstić information content (AvgIpc) is 3.03. The summed E-state index contributed by atoms with van der Waals surface area (Å²) < 4.78 is 5.09. The average molecular weight is 436 g/mol. The zero-order chi connectivity index (χ0) is 22.5. The number of hydrogen-bond acceptors (Lipinski definition) is 5. The Labute approximate surface area is 186 Å². The molecule has 0 atom stereocenters. The van der Waals surface area contributed by atoms with E-state index in [9.17, 15) is 14.7 Å². The van der Waals surface area contributed by atoms with Gasteiger partial charge in [0.05, 0.1) is 11.5 Å². The Hall–Kier alpha value is -3.12. The molecule has 6 heteroatoms. The Balaban J connectivity index is 1.99. The standard InChI is InChI=1S/C25H25NO4S/c1-5-30-25(29)21-22(27)20(14-17-10-12-18(13-11-17)15(2)3)31-24(21)26-23(28)19-9-7-6-8-16(19)4/h6-15,27H,5H2,1-4H3/b20-14-,26-24?. The van der Waals surface area contributed by atoms with E-state index in [0.717, 1.165) is 22.9 Å². The summed E-state index contributed by atoms with van der Waals surface area (Å²) in [6.45, 7) is 7.89. The van der Waals surface area contributed by atoms with Crippen molar-refractivity contribution >= 4 is 34.8 Å². The molecule has 1 amide bonds. The smallest absolute Gasteiger partial charge is 0.344 e. The molecule has 0 unspecified atom stereocenters. The predicted octanol–water partition coefficient (Wildman–Crippen LogP) is 5.82. The maximum Gasteiger partial charge on any atom is 0.344 e. The van der Waals surface area contributed by atoms with Gasteiger partial charge in [0.25, 0.3) is 5.91 Å². The van der Waals surface area contributed by atoms with Gasteiger partial charge in [-0.1, -0.05) is 68.1 Å². The van der Waals surface area contributed by atoms with Gasteiger partial charge in [0, 0.05) is 5.56 Å². The van der Waals surface area contributed by atoms with Gasteiger partial charge in [0.15, 0.2) is 0 Å². The summed E-state index contributed by atoms with van der Waals surface area (Å²) in [6.07, 6.45) is 1.77. The number of thioether (sulfide) groups is 1. The monoisotopic (exact) mass is 435 g/mol. The molecule has 1 aliphatic rings. The van der Waals surface area contributed by atoms with Crippen LogP contribution < -0.4 is 0 Å². The first-order valence-corrected chi connectivity index (χ1v) is 10.9. The van der Waals surface area contributed by atoms with Crippen molar-refractivity contribution in [2.45, 2.75) is 33.6 Å². The van der Waals surface area contributed by atoms with Crippen LogP contribution in [0.25, 0.3) is 6.08 Å². The summed E-state index contributed by atoms with van der Waals surface area (Å²) in [5.74, 6) is -0.995. The van der Waals surface area contributed by atoms with Crippen LogP contribution in [0.3, 0.4) is 0 Å². The Morgan fingerprint density at radius 2 is 1.81 bits per heavy atom. The zero-order valence-corrected chi connectivity index (χ0v) is 18.8. The molecule has 31 heavy (non-hydrogen) atoms. The van der Waals surface area contributed by atoms with Gasteiger partial charge in [-0.25, -0.2) is 9.79 Å². The number of aliphatic hydroxyl groups excluding tert-OH is 1. The van der Waals surface area contributed by atoms with Crippen LogP contribution in [0.2, 0.25) is 0 Å². The van der Waals surface area contributed by atoms with Crippen molar-refractivity contribution in [2.24, 2.45) is 4.99 Å². The third kappa shape index (κ3) is 5.14. The highest BCUT2D eigenvalue weighted by atomic mass is 32.2. The van der Waals surface area contributed by atoms with Crippen molar-refractivity contribution in [3.05, 3.63) is 87.0 Å². The maximum atomic E-state index is 12.7. The molecular weight excluding hydrogens is 410 g/mol. The lowest BCUT2D eigenvalue weighted by Crippen LogP contribution is -2.14. The second-order valence-corrected chi connectivity index (χ2v) is 8.44. The summed E-state index contributed by atoms with van der Waals surface area (Å²) in [5.41, 5.74) is 3.22. The van der Waals surface area contributed by atoms with E-state index < -0.39 is 11.9 Å². The lowest BCUT2D eigenvalue weighted by molar-refractivity contribution is -0.138. The summed E-state index contributed by atoms with van der Waals surface area (Å²) in [4.78, 5) is 29.8. The van der Waals surface area contributed by atoms with E-state index in [0.29, 0.717) is 16.4 Å². The molecule has 1 N–H and O–H groups in total. The van der Waals surface area contributed by atoms with Crippen molar-refractivity contribution in [1.29, 1.82) is 0 Å². The number of rotatable bonds is 5. The van der Waals surface area contributed by atoms with E-state index in [-0.39, 0.29) is 23.0 Å². The highest BCUT2D eigenvalue weighted by molar-refractivity contribution is 8.18. The molecule has 0 spiro atoms. The first-order valence-electron chi connectivity index (χ1n) is 10.1. The summed E-state index contributed by atoms with van der Waals surface area (Å²) in [7, 11) is 0. The van der Waals surface area contributed by atoms with Gasteiger partial charge in [-0.05, 0) is 48.6 Å². The van der Waals surface area contributed by atoms with Crippen molar-refractivity contribution in [3.63, 3.8) is 0 Å². The first kappa shape index (κ1) is 22.6. The molecule has 0 aliphatic carbocycles. The van der Waals surface area contributed by atoms with Crippen LogP contribution in [-0.4, -0.2) is 28.6 Å². The lowest BCUT2D eigenvalue weighted by atomic mass is 10.0.